The summed E-state index contributed by atoms with van der Waals surface area (Å²) in [6.45, 7) is 2.66. The topological polar surface area (TPSA) is 71.8 Å². The van der Waals surface area contributed by atoms with E-state index < -0.39 is 0 Å². The van der Waals surface area contributed by atoms with Crippen LogP contribution in [0.25, 0.3) is 5.69 Å². The summed E-state index contributed by atoms with van der Waals surface area (Å²) < 4.78 is 1.69. The summed E-state index contributed by atoms with van der Waals surface area (Å²) in [7, 11) is 1.83. The number of carbonyl (C=O) groups is 1. The Morgan fingerprint density at radius 1 is 1.33 bits per heavy atom. The molecular formula is C14H20ClN5O. The van der Waals surface area contributed by atoms with Crippen molar-refractivity contribution in [1.29, 1.82) is 0 Å². The minimum absolute atomic E-state index is 0. The quantitative estimate of drug-likeness (QED) is 0.848. The largest absolute Gasteiger partial charge is 0.350 e. The summed E-state index contributed by atoms with van der Waals surface area (Å²) in [5.74, 6) is 0.0483. The number of nitrogens with one attached hydrogen (secondary N) is 2. The summed E-state index contributed by atoms with van der Waals surface area (Å²) in [6.07, 6.45) is 3.63. The predicted molar refractivity (Wildman–Crippen MR) is 83.7 cm³/mol. The molecule has 0 aliphatic carbocycles. The molecule has 114 valence electrons. The van der Waals surface area contributed by atoms with Gasteiger partial charge in [0.2, 0.25) is 5.91 Å². The molecule has 2 rings (SSSR count). The van der Waals surface area contributed by atoms with E-state index in [1.807, 2.05) is 38.2 Å². The molecule has 2 N–H and O–H groups in total. The second-order valence-corrected chi connectivity index (χ2v) is 4.57. The Morgan fingerprint density at radius 2 is 2.05 bits per heavy atom. The monoisotopic (exact) mass is 309 g/mol. The van der Waals surface area contributed by atoms with Gasteiger partial charge in [-0.3, -0.25) is 4.79 Å². The molecule has 0 aliphatic rings. The molecule has 1 heterocycles. The van der Waals surface area contributed by atoms with Gasteiger partial charge in [-0.15, -0.1) is 12.4 Å². The zero-order valence-electron chi connectivity index (χ0n) is 12.1. The number of hydrogen-bond acceptors (Lipinski definition) is 4. The van der Waals surface area contributed by atoms with Crippen LogP contribution in [-0.4, -0.2) is 34.3 Å². The van der Waals surface area contributed by atoms with E-state index in [1.165, 1.54) is 6.33 Å². The van der Waals surface area contributed by atoms with E-state index >= 15 is 0 Å². The third kappa shape index (κ3) is 4.84. The first-order valence-corrected chi connectivity index (χ1v) is 6.59. The maximum atomic E-state index is 11.7. The van der Waals surface area contributed by atoms with Crippen LogP contribution in [0.5, 0.6) is 0 Å². The van der Waals surface area contributed by atoms with Crippen molar-refractivity contribution >= 4 is 18.3 Å². The van der Waals surface area contributed by atoms with Gasteiger partial charge in [-0.1, -0.05) is 12.1 Å². The lowest BCUT2D eigenvalue weighted by atomic mass is 10.1. The second-order valence-electron chi connectivity index (χ2n) is 4.57. The zero-order chi connectivity index (χ0) is 14.4. The fourth-order valence-electron chi connectivity index (χ4n) is 1.89. The molecule has 0 aliphatic heterocycles. The molecule has 0 radical (unpaired) electrons. The molecule has 6 nitrogen and oxygen atoms in total. The molecule has 1 amide bonds. The minimum Gasteiger partial charge on any atom is -0.350 e. The van der Waals surface area contributed by atoms with E-state index in [0.717, 1.165) is 11.3 Å². The Kier molecular flexibility index (Phi) is 6.84. The molecule has 21 heavy (non-hydrogen) atoms. The molecule has 7 heteroatoms. The van der Waals surface area contributed by atoms with Gasteiger partial charge in [0.25, 0.3) is 0 Å². The van der Waals surface area contributed by atoms with Gasteiger partial charge >= 0.3 is 0 Å². The van der Waals surface area contributed by atoms with E-state index in [0.29, 0.717) is 13.0 Å². The average molecular weight is 310 g/mol. The van der Waals surface area contributed by atoms with Gasteiger partial charge < -0.3 is 10.6 Å². The number of rotatable bonds is 6. The van der Waals surface area contributed by atoms with Gasteiger partial charge in [0.05, 0.1) is 11.7 Å². The maximum Gasteiger partial charge on any atom is 0.221 e. The fraction of sp³-hybridized carbons (Fsp3) is 0.357. The molecule has 0 fully saturated rings. The van der Waals surface area contributed by atoms with Gasteiger partial charge in [-0.2, -0.15) is 5.10 Å². The lowest BCUT2D eigenvalue weighted by molar-refractivity contribution is -0.121. The molecule has 1 aromatic heterocycles. The predicted octanol–water partition coefficient (Wildman–Crippen LogP) is 1.48. The molecule has 0 saturated carbocycles. The van der Waals surface area contributed by atoms with Crippen molar-refractivity contribution < 1.29 is 4.79 Å². The summed E-state index contributed by atoms with van der Waals surface area (Å²) in [5, 5.41) is 10.0. The van der Waals surface area contributed by atoms with Crippen LogP contribution in [0.2, 0.25) is 0 Å². The highest BCUT2D eigenvalue weighted by molar-refractivity contribution is 5.85. The Labute approximate surface area is 130 Å². The second kappa shape index (κ2) is 8.39. The third-order valence-corrected chi connectivity index (χ3v) is 3.06. The standard InChI is InChI=1S/C14H19N5O.ClH/c1-11(18-14(20)7-8-15-2)12-3-5-13(6-4-12)19-10-16-9-17-19;/h3-6,9-11,15H,7-8H2,1-2H3,(H,18,20);1H. The normalized spacial score (nSPS) is 11.5. The van der Waals surface area contributed by atoms with Crippen molar-refractivity contribution in [2.75, 3.05) is 13.6 Å². The van der Waals surface area contributed by atoms with E-state index in [2.05, 4.69) is 20.7 Å². The van der Waals surface area contributed by atoms with Crippen LogP contribution in [0.1, 0.15) is 24.9 Å². The first kappa shape index (κ1) is 17.1. The van der Waals surface area contributed by atoms with Crippen molar-refractivity contribution in [3.05, 3.63) is 42.5 Å². The van der Waals surface area contributed by atoms with Crippen molar-refractivity contribution in [2.45, 2.75) is 19.4 Å². The van der Waals surface area contributed by atoms with Gasteiger partial charge in [0.1, 0.15) is 12.7 Å². The number of amides is 1. The zero-order valence-corrected chi connectivity index (χ0v) is 12.9. The Balaban J connectivity index is 0.00000220. The Morgan fingerprint density at radius 3 is 2.62 bits per heavy atom. The Hall–Kier alpha value is -1.92. The molecule has 1 unspecified atom stereocenters. The number of benzene rings is 1. The maximum absolute atomic E-state index is 11.7. The van der Waals surface area contributed by atoms with E-state index in [1.54, 1.807) is 11.0 Å². The summed E-state index contributed by atoms with van der Waals surface area (Å²) >= 11 is 0. The number of hydrogen-bond donors (Lipinski definition) is 2. The highest BCUT2D eigenvalue weighted by Crippen LogP contribution is 2.15. The first-order valence-electron chi connectivity index (χ1n) is 6.59. The molecule has 1 atom stereocenters. The molecule has 1 aromatic carbocycles. The number of aromatic nitrogens is 3. The van der Waals surface area contributed by atoms with Gasteiger partial charge in [0, 0.05) is 13.0 Å². The van der Waals surface area contributed by atoms with Crippen molar-refractivity contribution in [3.63, 3.8) is 0 Å². The summed E-state index contributed by atoms with van der Waals surface area (Å²) in [6, 6.07) is 7.88. The van der Waals surface area contributed by atoms with Crippen LogP contribution >= 0.6 is 12.4 Å². The first-order chi connectivity index (χ1) is 9.70. The van der Waals surface area contributed by atoms with Crippen LogP contribution in [0, 0.1) is 0 Å². The van der Waals surface area contributed by atoms with Crippen LogP contribution in [0.3, 0.4) is 0 Å². The third-order valence-electron chi connectivity index (χ3n) is 3.06. The summed E-state index contributed by atoms with van der Waals surface area (Å²) in [5.41, 5.74) is 2.01. The van der Waals surface area contributed by atoms with Crippen LogP contribution in [0.15, 0.2) is 36.9 Å². The molecular weight excluding hydrogens is 290 g/mol. The van der Waals surface area contributed by atoms with Gasteiger partial charge in [0.15, 0.2) is 0 Å². The highest BCUT2D eigenvalue weighted by Gasteiger charge is 2.09. The average Bonchev–Trinajstić information content (AvgIpc) is 2.99. The minimum atomic E-state index is -0.0100. The van der Waals surface area contributed by atoms with Crippen LogP contribution in [-0.2, 0) is 4.79 Å². The van der Waals surface area contributed by atoms with Crippen LogP contribution in [0.4, 0.5) is 0 Å². The van der Waals surface area contributed by atoms with E-state index in [9.17, 15) is 4.79 Å². The molecule has 0 saturated heterocycles. The molecule has 2 aromatic rings. The smallest absolute Gasteiger partial charge is 0.221 e. The van der Waals surface area contributed by atoms with E-state index in [4.69, 9.17) is 0 Å². The van der Waals surface area contributed by atoms with Gasteiger partial charge in [-0.05, 0) is 31.7 Å². The van der Waals surface area contributed by atoms with Crippen molar-refractivity contribution in [3.8, 4) is 5.69 Å². The SMILES string of the molecule is CNCCC(=O)NC(C)c1ccc(-n2cncn2)cc1.Cl. The highest BCUT2D eigenvalue weighted by atomic mass is 35.5. The van der Waals surface area contributed by atoms with Gasteiger partial charge in [-0.25, -0.2) is 9.67 Å². The molecule has 0 spiro atoms. The summed E-state index contributed by atoms with van der Waals surface area (Å²) in [4.78, 5) is 15.6. The number of carbonyl (C=O) groups excluding carboxylic acids is 1. The fourth-order valence-corrected chi connectivity index (χ4v) is 1.89. The van der Waals surface area contributed by atoms with E-state index in [-0.39, 0.29) is 24.4 Å². The lowest BCUT2D eigenvalue weighted by Crippen LogP contribution is -2.29. The number of halogens is 1. The Bertz CT molecular complexity index is 541. The molecule has 0 bridgehead atoms. The number of nitrogens with zero attached hydrogens (tertiary/aromatic N) is 3. The lowest BCUT2D eigenvalue weighted by Gasteiger charge is -2.14. The van der Waals surface area contributed by atoms with Crippen LogP contribution < -0.4 is 10.6 Å². The van der Waals surface area contributed by atoms with Crippen molar-refractivity contribution in [1.82, 2.24) is 25.4 Å². The van der Waals surface area contributed by atoms with Crippen molar-refractivity contribution in [2.24, 2.45) is 0 Å².